The van der Waals surface area contributed by atoms with Crippen LogP contribution in [0.1, 0.15) is 28.3 Å². The summed E-state index contributed by atoms with van der Waals surface area (Å²) in [6.45, 7) is 0. The van der Waals surface area contributed by atoms with Crippen molar-refractivity contribution in [1.82, 2.24) is 0 Å². The number of ketones is 1. The third kappa shape index (κ3) is 3.51. The molecule has 2 aromatic carbocycles. The van der Waals surface area contributed by atoms with Crippen molar-refractivity contribution in [2.45, 2.75) is 12.3 Å². The lowest BCUT2D eigenvalue weighted by atomic mass is 9.92. The molecule has 104 valence electrons. The van der Waals surface area contributed by atoms with E-state index in [-0.39, 0.29) is 17.9 Å². The first-order valence-corrected chi connectivity index (χ1v) is 6.34. The van der Waals surface area contributed by atoms with E-state index in [0.717, 1.165) is 0 Å². The highest BCUT2D eigenvalue weighted by Crippen LogP contribution is 2.24. The highest BCUT2D eigenvalue weighted by Gasteiger charge is 2.18. The van der Waals surface area contributed by atoms with Gasteiger partial charge in [-0.3, -0.25) is 14.9 Å². The van der Waals surface area contributed by atoms with Crippen LogP contribution in [0.2, 0.25) is 0 Å². The van der Waals surface area contributed by atoms with Crippen LogP contribution in [0.5, 0.6) is 0 Å². The molecule has 5 nitrogen and oxygen atoms in total. The van der Waals surface area contributed by atoms with E-state index in [0.29, 0.717) is 11.1 Å². The number of hydrogen-bond donors (Lipinski definition) is 0. The van der Waals surface area contributed by atoms with Crippen molar-refractivity contribution >= 4 is 11.5 Å². The van der Waals surface area contributed by atoms with E-state index in [9.17, 15) is 20.2 Å². The highest BCUT2D eigenvalue weighted by molar-refractivity contribution is 5.96. The molecular formula is C16H12N2O3. The number of non-ortho nitro benzene ring substituents is 1. The maximum atomic E-state index is 12.1. The van der Waals surface area contributed by atoms with Crippen molar-refractivity contribution in [3.8, 4) is 6.07 Å². The average Bonchev–Trinajstić information content (AvgIpc) is 2.53. The van der Waals surface area contributed by atoms with Crippen molar-refractivity contribution in [1.29, 1.82) is 5.26 Å². The number of benzene rings is 2. The van der Waals surface area contributed by atoms with Gasteiger partial charge in [-0.15, -0.1) is 0 Å². The number of Topliss-reactive ketones (excluding diaryl/α,β-unsaturated/α-hetero) is 1. The third-order valence-corrected chi connectivity index (χ3v) is 3.12. The Labute approximate surface area is 121 Å². The Bertz CT molecular complexity index is 705. The zero-order chi connectivity index (χ0) is 15.2. The molecule has 0 bridgehead atoms. The summed E-state index contributed by atoms with van der Waals surface area (Å²) in [4.78, 5) is 22.4. The summed E-state index contributed by atoms with van der Waals surface area (Å²) in [5.74, 6) is -0.855. The molecule has 0 heterocycles. The predicted octanol–water partition coefficient (Wildman–Crippen LogP) is 3.47. The van der Waals surface area contributed by atoms with Crippen LogP contribution >= 0.6 is 0 Å². The van der Waals surface area contributed by atoms with Crippen LogP contribution in [0.3, 0.4) is 0 Å². The molecule has 1 atom stereocenters. The normalized spacial score (nSPS) is 11.4. The number of nitro benzene ring substituents is 1. The van der Waals surface area contributed by atoms with Crippen molar-refractivity contribution in [2.24, 2.45) is 0 Å². The Morgan fingerprint density at radius 1 is 1.19 bits per heavy atom. The zero-order valence-corrected chi connectivity index (χ0v) is 11.1. The minimum Gasteiger partial charge on any atom is -0.294 e. The number of carbonyl (C=O) groups excluding carboxylic acids is 1. The molecule has 0 aliphatic heterocycles. The summed E-state index contributed by atoms with van der Waals surface area (Å²) in [6, 6.07) is 16.6. The molecule has 21 heavy (non-hydrogen) atoms. The summed E-state index contributed by atoms with van der Waals surface area (Å²) in [7, 11) is 0. The second-order valence-corrected chi connectivity index (χ2v) is 4.53. The van der Waals surface area contributed by atoms with E-state index in [4.69, 9.17) is 0 Å². The number of nitrogens with zero attached hydrogens (tertiary/aromatic N) is 2. The maximum Gasteiger partial charge on any atom is 0.269 e. The molecule has 1 unspecified atom stereocenters. The van der Waals surface area contributed by atoms with E-state index in [2.05, 4.69) is 0 Å². The van der Waals surface area contributed by atoms with Gasteiger partial charge in [-0.2, -0.15) is 5.26 Å². The first-order valence-electron chi connectivity index (χ1n) is 6.34. The van der Waals surface area contributed by atoms with Crippen molar-refractivity contribution in [2.75, 3.05) is 0 Å². The number of hydrogen-bond acceptors (Lipinski definition) is 4. The van der Waals surface area contributed by atoms with E-state index in [1.165, 1.54) is 18.2 Å². The number of rotatable bonds is 5. The second kappa shape index (κ2) is 6.44. The first-order chi connectivity index (χ1) is 10.1. The standard InChI is InChI=1S/C16H12N2O3/c17-11-14(10-16(19)12-5-2-1-3-6-12)13-7-4-8-15(9-13)18(20)21/h1-9,14H,10H2. The molecule has 0 fully saturated rings. The molecule has 0 saturated carbocycles. The molecular weight excluding hydrogens is 268 g/mol. The second-order valence-electron chi connectivity index (χ2n) is 4.53. The van der Waals surface area contributed by atoms with Gasteiger partial charge in [0.05, 0.1) is 16.9 Å². The smallest absolute Gasteiger partial charge is 0.269 e. The molecule has 0 aliphatic carbocycles. The van der Waals surface area contributed by atoms with Crippen LogP contribution in [0.4, 0.5) is 5.69 Å². The van der Waals surface area contributed by atoms with Crippen LogP contribution in [0.15, 0.2) is 54.6 Å². The van der Waals surface area contributed by atoms with Gasteiger partial charge in [-0.1, -0.05) is 42.5 Å². The van der Waals surface area contributed by atoms with Crippen LogP contribution in [0.25, 0.3) is 0 Å². The summed E-state index contributed by atoms with van der Waals surface area (Å²) in [5.41, 5.74) is 0.930. The van der Waals surface area contributed by atoms with Crippen molar-refractivity contribution < 1.29 is 9.72 Å². The molecule has 5 heteroatoms. The van der Waals surface area contributed by atoms with E-state index in [1.807, 2.05) is 6.07 Å². The quantitative estimate of drug-likeness (QED) is 0.477. The molecule has 0 N–H and O–H groups in total. The van der Waals surface area contributed by atoms with Crippen molar-refractivity contribution in [3.63, 3.8) is 0 Å². The number of nitriles is 1. The van der Waals surface area contributed by atoms with Gasteiger partial charge < -0.3 is 0 Å². The maximum absolute atomic E-state index is 12.1. The minimum atomic E-state index is -0.697. The van der Waals surface area contributed by atoms with E-state index >= 15 is 0 Å². The summed E-state index contributed by atoms with van der Waals surface area (Å²) in [6.07, 6.45) is 0.00167. The minimum absolute atomic E-state index is 0.00167. The van der Waals surface area contributed by atoms with Crippen molar-refractivity contribution in [3.05, 3.63) is 75.8 Å². The lowest BCUT2D eigenvalue weighted by Crippen LogP contribution is -2.06. The Balaban J connectivity index is 2.21. The fourth-order valence-corrected chi connectivity index (χ4v) is 2.02. The summed E-state index contributed by atoms with van der Waals surface area (Å²) in [5, 5.41) is 20.0. The topological polar surface area (TPSA) is 84.0 Å². The third-order valence-electron chi connectivity index (χ3n) is 3.12. The number of nitro groups is 1. The Kier molecular flexibility index (Phi) is 4.42. The van der Waals surface area contributed by atoms with E-state index in [1.54, 1.807) is 36.4 Å². The molecule has 0 saturated heterocycles. The lowest BCUT2D eigenvalue weighted by Gasteiger charge is -2.08. The van der Waals surface area contributed by atoms with Gasteiger partial charge in [0.15, 0.2) is 5.78 Å². The number of carbonyl (C=O) groups is 1. The zero-order valence-electron chi connectivity index (χ0n) is 11.1. The van der Waals surface area contributed by atoms with Gasteiger partial charge in [-0.05, 0) is 5.56 Å². The summed E-state index contributed by atoms with van der Waals surface area (Å²) < 4.78 is 0. The Morgan fingerprint density at radius 2 is 1.90 bits per heavy atom. The van der Waals surface area contributed by atoms with Crippen LogP contribution < -0.4 is 0 Å². The largest absolute Gasteiger partial charge is 0.294 e. The fraction of sp³-hybridized carbons (Fsp3) is 0.125. The van der Waals surface area contributed by atoms with Gasteiger partial charge in [-0.25, -0.2) is 0 Å². The lowest BCUT2D eigenvalue weighted by molar-refractivity contribution is -0.384. The van der Waals surface area contributed by atoms with Gasteiger partial charge >= 0.3 is 0 Å². The molecule has 0 spiro atoms. The SMILES string of the molecule is N#CC(CC(=O)c1ccccc1)c1cccc([N+](=O)[O-])c1. The van der Waals surface area contributed by atoms with Crippen LogP contribution in [-0.2, 0) is 0 Å². The fourth-order valence-electron chi connectivity index (χ4n) is 2.02. The monoisotopic (exact) mass is 280 g/mol. The van der Waals surface area contributed by atoms with Gasteiger partial charge in [0.2, 0.25) is 0 Å². The van der Waals surface area contributed by atoms with Gasteiger partial charge in [0.1, 0.15) is 0 Å². The molecule has 2 rings (SSSR count). The summed E-state index contributed by atoms with van der Waals surface area (Å²) >= 11 is 0. The predicted molar refractivity (Wildman–Crippen MR) is 76.8 cm³/mol. The Morgan fingerprint density at radius 3 is 2.52 bits per heavy atom. The molecule has 0 radical (unpaired) electrons. The Hall–Kier alpha value is -3.00. The average molecular weight is 280 g/mol. The first kappa shape index (κ1) is 14.4. The molecule has 2 aromatic rings. The molecule has 0 aromatic heterocycles. The van der Waals surface area contributed by atoms with Gasteiger partial charge in [0, 0.05) is 24.1 Å². The highest BCUT2D eigenvalue weighted by atomic mass is 16.6. The van der Waals surface area contributed by atoms with E-state index < -0.39 is 10.8 Å². The molecule has 0 aliphatic rings. The van der Waals surface area contributed by atoms with Crippen LogP contribution in [0, 0.1) is 21.4 Å². The van der Waals surface area contributed by atoms with Gasteiger partial charge in [0.25, 0.3) is 5.69 Å². The van der Waals surface area contributed by atoms with Crippen LogP contribution in [-0.4, -0.2) is 10.7 Å². The molecule has 0 amide bonds.